The average Bonchev–Trinajstić information content (AvgIpc) is 2.63. The van der Waals surface area contributed by atoms with Crippen LogP contribution >= 0.6 is 23.2 Å². The number of unbranched alkanes of at least 4 members (excludes halogenated alkanes) is 3. The van der Waals surface area contributed by atoms with E-state index in [9.17, 15) is 4.79 Å². The molecule has 0 bridgehead atoms. The maximum Gasteiger partial charge on any atom is 0.319 e. The molecule has 0 aliphatic carbocycles. The lowest BCUT2D eigenvalue weighted by molar-refractivity contribution is 0.251. The van der Waals surface area contributed by atoms with Crippen LogP contribution in [0, 0.1) is 0 Å². The lowest BCUT2D eigenvalue weighted by Crippen LogP contribution is -2.31. The Bertz CT molecular complexity index is 929. The number of fused-ring (bicyclic) bond motifs is 2. The molecule has 0 radical (unpaired) electrons. The van der Waals surface area contributed by atoms with Crippen molar-refractivity contribution in [2.45, 2.75) is 51.9 Å². The summed E-state index contributed by atoms with van der Waals surface area (Å²) < 4.78 is 6.16. The van der Waals surface area contributed by atoms with E-state index in [1.807, 2.05) is 12.1 Å². The van der Waals surface area contributed by atoms with Crippen molar-refractivity contribution in [2.75, 3.05) is 17.6 Å². The average molecular weight is 436 g/mol. The number of urea groups is 1. The van der Waals surface area contributed by atoms with Gasteiger partial charge in [0.2, 0.25) is 0 Å². The molecule has 0 spiro atoms. The van der Waals surface area contributed by atoms with Gasteiger partial charge in [-0.25, -0.2) is 4.79 Å². The second kappa shape index (κ2) is 8.72. The van der Waals surface area contributed by atoms with Crippen molar-refractivity contribution in [2.24, 2.45) is 0 Å². The summed E-state index contributed by atoms with van der Waals surface area (Å²) >= 11 is 12.6. The topological polar surface area (TPSA) is 76.4 Å². The Hall–Kier alpha value is -2.11. The van der Waals surface area contributed by atoms with Crippen LogP contribution in [0.5, 0.6) is 11.5 Å². The number of carbonyl (C=O) groups excluding carboxylic acids is 1. The van der Waals surface area contributed by atoms with Crippen molar-refractivity contribution in [3.05, 3.63) is 45.4 Å². The summed E-state index contributed by atoms with van der Waals surface area (Å²) in [6.07, 6.45) is 4.37. The number of hydrogen-bond acceptors (Lipinski definition) is 3. The first kappa shape index (κ1) is 21.6. The number of hydrogen-bond donors (Lipinski definition) is 3. The SMILES string of the molecule is CCCCCCNC(=O)Nc1cc(Cl)cc2c1Oc1c(N)cc(Cl)cc1C2(C)C. The molecule has 7 heteroatoms. The highest BCUT2D eigenvalue weighted by atomic mass is 35.5. The number of anilines is 2. The van der Waals surface area contributed by atoms with Crippen LogP contribution in [0.3, 0.4) is 0 Å². The summed E-state index contributed by atoms with van der Waals surface area (Å²) in [5, 5.41) is 6.82. The third-order valence-electron chi connectivity index (χ3n) is 5.25. The first-order chi connectivity index (χ1) is 13.7. The number of nitrogens with two attached hydrogens (primary N) is 1. The maximum atomic E-state index is 12.4. The van der Waals surface area contributed by atoms with Crippen LogP contribution < -0.4 is 21.1 Å². The molecule has 1 aliphatic rings. The molecule has 0 aromatic heterocycles. The minimum absolute atomic E-state index is 0.290. The fourth-order valence-electron chi connectivity index (χ4n) is 3.62. The van der Waals surface area contributed by atoms with Gasteiger partial charge < -0.3 is 21.1 Å². The van der Waals surface area contributed by atoms with Crippen LogP contribution in [0.2, 0.25) is 10.0 Å². The summed E-state index contributed by atoms with van der Waals surface area (Å²) in [5.41, 5.74) is 8.41. The quantitative estimate of drug-likeness (QED) is 0.348. The zero-order valence-electron chi connectivity index (χ0n) is 17.0. The molecule has 3 rings (SSSR count). The molecular formula is C22H27Cl2N3O2. The van der Waals surface area contributed by atoms with Crippen molar-refractivity contribution < 1.29 is 9.53 Å². The summed E-state index contributed by atoms with van der Waals surface area (Å²) in [6.45, 7) is 6.88. The number of ether oxygens (including phenoxy) is 1. The monoisotopic (exact) mass is 435 g/mol. The number of benzene rings is 2. The largest absolute Gasteiger partial charge is 0.452 e. The van der Waals surface area contributed by atoms with Gasteiger partial charge in [-0.1, -0.05) is 63.2 Å². The molecule has 1 aliphatic heterocycles. The zero-order chi connectivity index (χ0) is 21.2. The first-order valence-corrected chi connectivity index (χ1v) is 10.7. The van der Waals surface area contributed by atoms with E-state index in [2.05, 4.69) is 31.4 Å². The number of nitrogens with one attached hydrogen (secondary N) is 2. The number of carbonyl (C=O) groups is 1. The van der Waals surface area contributed by atoms with Gasteiger partial charge in [-0.2, -0.15) is 0 Å². The Labute approximate surface area is 181 Å². The molecule has 4 N–H and O–H groups in total. The number of amides is 2. The summed E-state index contributed by atoms with van der Waals surface area (Å²) in [5.74, 6) is 1.10. The van der Waals surface area contributed by atoms with Gasteiger partial charge in [0.15, 0.2) is 11.5 Å². The fourth-order valence-corrected chi connectivity index (χ4v) is 4.07. The molecule has 5 nitrogen and oxygen atoms in total. The molecule has 29 heavy (non-hydrogen) atoms. The Kier molecular flexibility index (Phi) is 6.49. The Morgan fingerprint density at radius 1 is 1.03 bits per heavy atom. The molecule has 0 unspecified atom stereocenters. The van der Waals surface area contributed by atoms with Gasteiger partial charge in [-0.15, -0.1) is 0 Å². The molecule has 2 amide bonds. The normalized spacial score (nSPS) is 13.8. The van der Waals surface area contributed by atoms with E-state index in [0.29, 0.717) is 39.5 Å². The van der Waals surface area contributed by atoms with Gasteiger partial charge in [0.05, 0.1) is 11.4 Å². The smallest absolute Gasteiger partial charge is 0.319 e. The van der Waals surface area contributed by atoms with E-state index in [4.69, 9.17) is 33.7 Å². The van der Waals surface area contributed by atoms with Gasteiger partial charge in [-0.3, -0.25) is 0 Å². The molecule has 1 heterocycles. The Morgan fingerprint density at radius 3 is 2.38 bits per heavy atom. The predicted molar refractivity (Wildman–Crippen MR) is 121 cm³/mol. The lowest BCUT2D eigenvalue weighted by atomic mass is 9.75. The van der Waals surface area contributed by atoms with Crippen molar-refractivity contribution in [1.29, 1.82) is 0 Å². The zero-order valence-corrected chi connectivity index (χ0v) is 18.5. The van der Waals surface area contributed by atoms with E-state index in [0.717, 1.165) is 30.4 Å². The van der Waals surface area contributed by atoms with E-state index in [1.165, 1.54) is 6.42 Å². The fraction of sp³-hybridized carbons (Fsp3) is 0.409. The van der Waals surface area contributed by atoms with Crippen molar-refractivity contribution in [3.63, 3.8) is 0 Å². The highest BCUT2D eigenvalue weighted by molar-refractivity contribution is 6.31. The van der Waals surface area contributed by atoms with Gasteiger partial charge in [0.25, 0.3) is 0 Å². The van der Waals surface area contributed by atoms with Gasteiger partial charge in [0, 0.05) is 33.1 Å². The summed E-state index contributed by atoms with van der Waals surface area (Å²) in [4.78, 5) is 12.4. The van der Waals surface area contributed by atoms with Gasteiger partial charge >= 0.3 is 6.03 Å². The van der Waals surface area contributed by atoms with Crippen molar-refractivity contribution in [1.82, 2.24) is 5.32 Å². The molecule has 0 fully saturated rings. The van der Waals surface area contributed by atoms with Crippen LogP contribution in [0.15, 0.2) is 24.3 Å². The second-order valence-corrected chi connectivity index (χ2v) is 8.74. The first-order valence-electron chi connectivity index (χ1n) is 9.90. The van der Waals surface area contributed by atoms with Crippen LogP contribution in [0.4, 0.5) is 16.2 Å². The molecule has 0 saturated heterocycles. The summed E-state index contributed by atoms with van der Waals surface area (Å²) in [7, 11) is 0. The van der Waals surface area contributed by atoms with Gasteiger partial charge in [0.1, 0.15) is 0 Å². The molecule has 156 valence electrons. The van der Waals surface area contributed by atoms with E-state index >= 15 is 0 Å². The number of halogens is 2. The maximum absolute atomic E-state index is 12.4. The third kappa shape index (κ3) is 4.57. The van der Waals surface area contributed by atoms with E-state index in [1.54, 1.807) is 12.1 Å². The molecule has 2 aromatic carbocycles. The third-order valence-corrected chi connectivity index (χ3v) is 5.69. The number of rotatable bonds is 6. The van der Waals surface area contributed by atoms with Crippen LogP contribution in [0.25, 0.3) is 0 Å². The van der Waals surface area contributed by atoms with Crippen molar-refractivity contribution in [3.8, 4) is 11.5 Å². The molecule has 0 saturated carbocycles. The molecule has 2 aromatic rings. The molecule has 0 atom stereocenters. The van der Waals surface area contributed by atoms with Crippen LogP contribution in [0.1, 0.15) is 57.6 Å². The van der Waals surface area contributed by atoms with E-state index in [-0.39, 0.29) is 6.03 Å². The number of nitrogen functional groups attached to an aromatic ring is 1. The highest BCUT2D eigenvalue weighted by Gasteiger charge is 2.37. The second-order valence-electron chi connectivity index (χ2n) is 7.87. The Balaban J connectivity index is 1.88. The molecular weight excluding hydrogens is 409 g/mol. The lowest BCUT2D eigenvalue weighted by Gasteiger charge is -2.36. The van der Waals surface area contributed by atoms with Crippen LogP contribution in [-0.4, -0.2) is 12.6 Å². The van der Waals surface area contributed by atoms with E-state index < -0.39 is 5.41 Å². The Morgan fingerprint density at radius 2 is 1.69 bits per heavy atom. The minimum Gasteiger partial charge on any atom is -0.452 e. The minimum atomic E-state index is -0.458. The standard InChI is InChI=1S/C22H27Cl2N3O2/c1-4-5-6-7-8-26-21(28)27-18-12-14(24)10-16-20(18)29-19-15(22(16,2)3)9-13(23)11-17(19)25/h9-12H,4-8,25H2,1-3H3,(H2,26,27,28). The predicted octanol–water partition coefficient (Wildman–Crippen LogP) is 6.71. The highest BCUT2D eigenvalue weighted by Crippen LogP contribution is 2.53. The van der Waals surface area contributed by atoms with Gasteiger partial charge in [-0.05, 0) is 30.7 Å². The summed E-state index contributed by atoms with van der Waals surface area (Å²) in [6, 6.07) is 6.76. The van der Waals surface area contributed by atoms with Crippen LogP contribution in [-0.2, 0) is 5.41 Å². The van der Waals surface area contributed by atoms with Crippen molar-refractivity contribution >= 4 is 40.6 Å².